The Labute approximate surface area is 113 Å². The van der Waals surface area contributed by atoms with E-state index in [1.54, 1.807) is 0 Å². The number of alkyl halides is 3. The highest BCUT2D eigenvalue weighted by atomic mass is 19.4. The third kappa shape index (κ3) is 3.37. The number of nitrogens with zero attached hydrogens (tertiary/aromatic N) is 2. The first-order valence-electron chi connectivity index (χ1n) is 6.15. The van der Waals surface area contributed by atoms with Gasteiger partial charge in [-0.15, -0.1) is 10.2 Å². The Bertz CT molecular complexity index is 476. The molecular weight excluding hydrogens is 275 g/mol. The predicted molar refractivity (Wildman–Crippen MR) is 63.8 cm³/mol. The second-order valence-corrected chi connectivity index (χ2v) is 4.68. The average Bonchev–Trinajstić information content (AvgIpc) is 2.86. The maximum atomic E-state index is 12.3. The molecule has 0 radical (unpaired) electrons. The van der Waals surface area contributed by atoms with Gasteiger partial charge in [-0.05, 0) is 31.4 Å². The van der Waals surface area contributed by atoms with Gasteiger partial charge in [0.1, 0.15) is 5.82 Å². The summed E-state index contributed by atoms with van der Waals surface area (Å²) in [6, 6.07) is 2.11. The van der Waals surface area contributed by atoms with Crippen LogP contribution in [-0.2, 0) is 15.7 Å². The zero-order valence-corrected chi connectivity index (χ0v) is 10.8. The number of hydrogen-bond acceptors (Lipinski definition) is 5. The summed E-state index contributed by atoms with van der Waals surface area (Å²) in [5.74, 6) is -0.152. The van der Waals surface area contributed by atoms with Crippen molar-refractivity contribution in [2.24, 2.45) is 5.92 Å². The highest BCUT2D eigenvalue weighted by molar-refractivity contribution is 5.72. The highest BCUT2D eigenvalue weighted by Crippen LogP contribution is 2.30. The summed E-state index contributed by atoms with van der Waals surface area (Å²) >= 11 is 0. The summed E-state index contributed by atoms with van der Waals surface area (Å²) in [7, 11) is 1.34. The number of nitrogens with one attached hydrogen (secondary N) is 1. The smallest absolute Gasteiger partial charge is 0.435 e. The van der Waals surface area contributed by atoms with Crippen LogP contribution in [0.1, 0.15) is 25.0 Å². The molecule has 1 aliphatic rings. The summed E-state index contributed by atoms with van der Waals surface area (Å²) < 4.78 is 41.7. The van der Waals surface area contributed by atoms with Gasteiger partial charge in [-0.25, -0.2) is 0 Å². The van der Waals surface area contributed by atoms with Gasteiger partial charge in [0.25, 0.3) is 0 Å². The van der Waals surface area contributed by atoms with Gasteiger partial charge in [0.2, 0.25) is 0 Å². The molecule has 1 fully saturated rings. The molecule has 0 unspecified atom stereocenters. The van der Waals surface area contributed by atoms with Gasteiger partial charge in [-0.2, -0.15) is 13.2 Å². The van der Waals surface area contributed by atoms with Crippen molar-refractivity contribution in [2.45, 2.75) is 31.5 Å². The van der Waals surface area contributed by atoms with Gasteiger partial charge in [0, 0.05) is 6.04 Å². The molecule has 8 heteroatoms. The van der Waals surface area contributed by atoms with Crippen LogP contribution >= 0.6 is 0 Å². The Kier molecular flexibility index (Phi) is 4.10. The number of methoxy groups -OCH3 is 1. The number of anilines is 1. The van der Waals surface area contributed by atoms with Crippen LogP contribution < -0.4 is 5.32 Å². The molecule has 1 aromatic rings. The zero-order chi connectivity index (χ0) is 14.8. The average molecular weight is 289 g/mol. The molecule has 2 atom stereocenters. The molecule has 0 spiro atoms. The molecule has 0 amide bonds. The lowest BCUT2D eigenvalue weighted by molar-refractivity contribution is -0.145. The van der Waals surface area contributed by atoms with Crippen LogP contribution in [0.5, 0.6) is 0 Å². The number of carbonyl (C=O) groups is 1. The minimum absolute atomic E-state index is 0.00913. The van der Waals surface area contributed by atoms with E-state index < -0.39 is 11.9 Å². The van der Waals surface area contributed by atoms with E-state index in [4.69, 9.17) is 0 Å². The zero-order valence-electron chi connectivity index (χ0n) is 10.8. The van der Waals surface area contributed by atoms with Gasteiger partial charge in [-0.1, -0.05) is 0 Å². The number of halogens is 3. The maximum absolute atomic E-state index is 12.3. The first-order valence-corrected chi connectivity index (χ1v) is 6.15. The van der Waals surface area contributed by atoms with Gasteiger partial charge in [0.05, 0.1) is 13.0 Å². The Morgan fingerprint density at radius 3 is 2.65 bits per heavy atom. The summed E-state index contributed by atoms with van der Waals surface area (Å²) in [6.45, 7) is 0. The van der Waals surface area contributed by atoms with Crippen LogP contribution in [0.4, 0.5) is 19.0 Å². The van der Waals surface area contributed by atoms with Crippen LogP contribution in [0.3, 0.4) is 0 Å². The Hall–Kier alpha value is -1.86. The van der Waals surface area contributed by atoms with Crippen molar-refractivity contribution in [2.75, 3.05) is 12.4 Å². The van der Waals surface area contributed by atoms with Crippen molar-refractivity contribution in [3.05, 3.63) is 17.8 Å². The van der Waals surface area contributed by atoms with Gasteiger partial charge < -0.3 is 10.1 Å². The van der Waals surface area contributed by atoms with E-state index >= 15 is 0 Å². The second-order valence-electron chi connectivity index (χ2n) is 4.68. The Balaban J connectivity index is 1.93. The quantitative estimate of drug-likeness (QED) is 0.865. The monoisotopic (exact) mass is 289 g/mol. The van der Waals surface area contributed by atoms with E-state index in [0.717, 1.165) is 12.5 Å². The molecule has 1 aromatic heterocycles. The van der Waals surface area contributed by atoms with E-state index in [1.807, 2.05) is 0 Å². The lowest BCUT2D eigenvalue weighted by atomic mass is 10.1. The minimum atomic E-state index is -4.49. The van der Waals surface area contributed by atoms with Crippen LogP contribution in [0.25, 0.3) is 0 Å². The molecule has 2 rings (SSSR count). The summed E-state index contributed by atoms with van der Waals surface area (Å²) in [5.41, 5.74) is -1.03. The first kappa shape index (κ1) is 14.5. The van der Waals surface area contributed by atoms with Crippen molar-refractivity contribution in [3.8, 4) is 0 Å². The Morgan fingerprint density at radius 2 is 2.10 bits per heavy atom. The van der Waals surface area contributed by atoms with Crippen LogP contribution in [0.15, 0.2) is 12.1 Å². The fourth-order valence-corrected chi connectivity index (χ4v) is 2.26. The van der Waals surface area contributed by atoms with Gasteiger partial charge >= 0.3 is 12.1 Å². The number of carbonyl (C=O) groups excluding carboxylic acids is 1. The standard InChI is InChI=1S/C12H14F3N3O2/c1-20-11(19)7-2-3-8(6-7)16-10-5-4-9(17-18-10)12(13,14)15/h4-5,7-8H,2-3,6H2,1H3,(H,16,18)/t7-,8+/m0/s1. The van der Waals surface area contributed by atoms with Crippen molar-refractivity contribution >= 4 is 11.8 Å². The van der Waals surface area contributed by atoms with Crippen molar-refractivity contribution < 1.29 is 22.7 Å². The number of rotatable bonds is 3. The lowest BCUT2D eigenvalue weighted by Gasteiger charge is -2.13. The van der Waals surface area contributed by atoms with Gasteiger partial charge in [0.15, 0.2) is 5.69 Å². The van der Waals surface area contributed by atoms with Crippen LogP contribution in [0.2, 0.25) is 0 Å². The molecule has 1 aliphatic carbocycles. The van der Waals surface area contributed by atoms with Crippen LogP contribution in [0, 0.1) is 5.92 Å². The van der Waals surface area contributed by atoms with Crippen molar-refractivity contribution in [1.82, 2.24) is 10.2 Å². The molecule has 0 aliphatic heterocycles. The van der Waals surface area contributed by atoms with E-state index in [-0.39, 0.29) is 23.7 Å². The lowest BCUT2D eigenvalue weighted by Crippen LogP contribution is -2.20. The molecule has 0 saturated heterocycles. The molecule has 1 heterocycles. The molecule has 0 aromatic carbocycles. The third-order valence-electron chi connectivity index (χ3n) is 3.27. The summed E-state index contributed by atoms with van der Waals surface area (Å²) in [4.78, 5) is 11.4. The SMILES string of the molecule is COC(=O)[C@H]1CC[C@@H](Nc2ccc(C(F)(F)F)nn2)C1. The summed E-state index contributed by atoms with van der Waals surface area (Å²) in [6.07, 6.45) is -2.48. The van der Waals surface area contributed by atoms with Gasteiger partial charge in [-0.3, -0.25) is 4.79 Å². The topological polar surface area (TPSA) is 64.1 Å². The molecule has 1 N–H and O–H groups in total. The van der Waals surface area contributed by atoms with Crippen molar-refractivity contribution in [3.63, 3.8) is 0 Å². The fourth-order valence-electron chi connectivity index (χ4n) is 2.26. The number of esters is 1. The number of hydrogen-bond donors (Lipinski definition) is 1. The van der Waals surface area contributed by atoms with Crippen LogP contribution in [-0.4, -0.2) is 29.3 Å². The number of ether oxygens (including phenoxy) is 1. The maximum Gasteiger partial charge on any atom is 0.435 e. The van der Waals surface area contributed by atoms with E-state index in [9.17, 15) is 18.0 Å². The number of aromatic nitrogens is 2. The second kappa shape index (κ2) is 5.64. The first-order chi connectivity index (χ1) is 9.40. The highest BCUT2D eigenvalue weighted by Gasteiger charge is 2.33. The predicted octanol–water partition coefficient (Wildman–Crippen LogP) is 2.25. The molecule has 20 heavy (non-hydrogen) atoms. The molecule has 0 bridgehead atoms. The Morgan fingerprint density at radius 1 is 1.35 bits per heavy atom. The van der Waals surface area contributed by atoms with E-state index in [1.165, 1.54) is 13.2 Å². The molecule has 1 saturated carbocycles. The third-order valence-corrected chi connectivity index (χ3v) is 3.27. The largest absolute Gasteiger partial charge is 0.469 e. The van der Waals surface area contributed by atoms with Crippen molar-refractivity contribution in [1.29, 1.82) is 0 Å². The fraction of sp³-hybridized carbons (Fsp3) is 0.583. The molecule has 110 valence electrons. The minimum Gasteiger partial charge on any atom is -0.469 e. The normalized spacial score (nSPS) is 22.6. The summed E-state index contributed by atoms with van der Waals surface area (Å²) in [5, 5.41) is 9.61. The van der Waals surface area contributed by atoms with E-state index in [0.29, 0.717) is 12.8 Å². The van der Waals surface area contributed by atoms with E-state index in [2.05, 4.69) is 20.3 Å². The molecule has 5 nitrogen and oxygen atoms in total. The molecular formula is C12H14F3N3O2.